The number of carbonyl (C=O) groups excluding carboxylic acids is 1. The van der Waals surface area contributed by atoms with E-state index in [-0.39, 0.29) is 23.3 Å². The molecule has 33 heavy (non-hydrogen) atoms. The first-order valence-electron chi connectivity index (χ1n) is 10.7. The number of hydrogen-bond donors (Lipinski definition) is 4. The fourth-order valence-electron chi connectivity index (χ4n) is 3.06. The van der Waals surface area contributed by atoms with E-state index in [1.54, 1.807) is 50.4 Å². The summed E-state index contributed by atoms with van der Waals surface area (Å²) in [6, 6.07) is 11.8. The van der Waals surface area contributed by atoms with Crippen molar-refractivity contribution in [3.8, 4) is 17.2 Å². The third-order valence-electron chi connectivity index (χ3n) is 5.05. The standard InChI is InChI=1S/C24H29N3O5S/c1-16(15-28)31-19-12-17(24(29)27-23(25)10-11-26-2)13-20(14-19)32-18-6-8-22(9-7-18)33(30)21-4-3-5-21/h6-14,16,21,26,28H,3-5,15H2,1-2H3,(H2,25,27,29)/b11-10-/t16-,33?/m0/s1. The predicted molar refractivity (Wildman–Crippen MR) is 128 cm³/mol. The first-order chi connectivity index (χ1) is 15.9. The van der Waals surface area contributed by atoms with Gasteiger partial charge in [0.25, 0.3) is 5.91 Å². The second-order valence-electron chi connectivity index (χ2n) is 7.72. The van der Waals surface area contributed by atoms with Crippen LogP contribution in [0.2, 0.25) is 0 Å². The van der Waals surface area contributed by atoms with Crippen LogP contribution < -0.4 is 20.1 Å². The Bertz CT molecular complexity index is 1030. The monoisotopic (exact) mass is 471 g/mol. The molecule has 0 bridgehead atoms. The summed E-state index contributed by atoms with van der Waals surface area (Å²) in [4.78, 5) is 13.4. The first kappa shape index (κ1) is 24.5. The molecule has 1 amide bonds. The lowest BCUT2D eigenvalue weighted by atomic mass is 10.00. The maximum absolute atomic E-state index is 12.6. The number of aliphatic hydroxyl groups excluding tert-OH is 1. The van der Waals surface area contributed by atoms with Crippen LogP contribution >= 0.6 is 0 Å². The van der Waals surface area contributed by atoms with Gasteiger partial charge in [-0.05, 0) is 68.4 Å². The number of benzene rings is 2. The molecule has 2 aromatic carbocycles. The molecule has 0 radical (unpaired) electrons. The second kappa shape index (κ2) is 11.6. The zero-order chi connectivity index (χ0) is 23.8. The van der Waals surface area contributed by atoms with Crippen LogP contribution in [0.15, 0.2) is 59.6 Å². The fraction of sp³-hybridized carbons (Fsp3) is 0.333. The number of ether oxygens (including phenoxy) is 2. The van der Waals surface area contributed by atoms with Crippen molar-refractivity contribution >= 4 is 22.5 Å². The molecule has 8 nitrogen and oxygen atoms in total. The largest absolute Gasteiger partial charge is 0.488 e. The molecule has 1 fully saturated rings. The number of amides is 1. The topological polar surface area (TPSA) is 121 Å². The van der Waals surface area contributed by atoms with Crippen LogP contribution in [0.5, 0.6) is 17.2 Å². The summed E-state index contributed by atoms with van der Waals surface area (Å²) in [5.74, 6) is 0.640. The van der Waals surface area contributed by atoms with Gasteiger partial charge in [0.05, 0.1) is 17.4 Å². The first-order valence-corrected chi connectivity index (χ1v) is 12.0. The van der Waals surface area contributed by atoms with Gasteiger partial charge in [-0.2, -0.15) is 0 Å². The summed E-state index contributed by atoms with van der Waals surface area (Å²) in [6.45, 7) is 1.51. The third-order valence-corrected chi connectivity index (χ3v) is 6.86. The average molecular weight is 472 g/mol. The molecule has 2 atom stereocenters. The van der Waals surface area contributed by atoms with Crippen molar-refractivity contribution in [2.75, 3.05) is 13.7 Å². The summed E-state index contributed by atoms with van der Waals surface area (Å²) < 4.78 is 24.1. The van der Waals surface area contributed by atoms with Crippen molar-refractivity contribution in [3.63, 3.8) is 0 Å². The number of carbonyl (C=O) groups is 1. The van der Waals surface area contributed by atoms with Crippen LogP contribution in [0.1, 0.15) is 36.5 Å². The Hall–Kier alpha value is -3.17. The number of rotatable bonds is 10. The van der Waals surface area contributed by atoms with Gasteiger partial charge in [-0.15, -0.1) is 0 Å². The molecule has 2 aromatic rings. The Labute approximate surface area is 196 Å². The molecule has 0 heterocycles. The summed E-state index contributed by atoms with van der Waals surface area (Å²) in [7, 11) is 0.682. The Kier molecular flexibility index (Phi) is 8.62. The predicted octanol–water partition coefficient (Wildman–Crippen LogP) is 3.34. The van der Waals surface area contributed by atoms with Crippen molar-refractivity contribution in [3.05, 3.63) is 60.3 Å². The zero-order valence-electron chi connectivity index (χ0n) is 18.7. The SMILES string of the molecule is CN/C=C\C(=N)NC(=O)c1cc(Oc2ccc(S(=O)C3CCC3)cc2)cc(O[C@@H](C)CO)c1. The zero-order valence-corrected chi connectivity index (χ0v) is 19.5. The molecule has 1 aliphatic rings. The molecule has 0 spiro atoms. The quantitative estimate of drug-likeness (QED) is 0.312. The van der Waals surface area contributed by atoms with Crippen molar-refractivity contribution in [1.82, 2.24) is 10.6 Å². The van der Waals surface area contributed by atoms with Gasteiger partial charge >= 0.3 is 0 Å². The van der Waals surface area contributed by atoms with Gasteiger partial charge in [0.2, 0.25) is 0 Å². The summed E-state index contributed by atoms with van der Waals surface area (Å²) in [5.41, 5.74) is 0.234. The summed E-state index contributed by atoms with van der Waals surface area (Å²) >= 11 is 0. The van der Waals surface area contributed by atoms with E-state index >= 15 is 0 Å². The molecule has 4 N–H and O–H groups in total. The van der Waals surface area contributed by atoms with E-state index in [1.807, 2.05) is 0 Å². The normalized spacial score (nSPS) is 15.4. The van der Waals surface area contributed by atoms with E-state index in [2.05, 4.69) is 10.6 Å². The van der Waals surface area contributed by atoms with Crippen LogP contribution in [0.25, 0.3) is 0 Å². The average Bonchev–Trinajstić information content (AvgIpc) is 2.76. The van der Waals surface area contributed by atoms with E-state index in [0.29, 0.717) is 17.2 Å². The minimum atomic E-state index is -1.01. The molecular weight excluding hydrogens is 442 g/mol. The lowest BCUT2D eigenvalue weighted by molar-refractivity contribution is 0.0975. The molecule has 0 aromatic heterocycles. The smallest absolute Gasteiger partial charge is 0.257 e. The van der Waals surface area contributed by atoms with Crippen LogP contribution in [-0.2, 0) is 10.8 Å². The highest BCUT2D eigenvalue weighted by Crippen LogP contribution is 2.31. The van der Waals surface area contributed by atoms with E-state index in [4.69, 9.17) is 14.9 Å². The molecule has 1 aliphatic carbocycles. The Morgan fingerprint density at radius 2 is 1.91 bits per heavy atom. The van der Waals surface area contributed by atoms with Gasteiger partial charge < -0.3 is 25.2 Å². The van der Waals surface area contributed by atoms with E-state index < -0.39 is 22.8 Å². The lowest BCUT2D eigenvalue weighted by Crippen LogP contribution is -2.28. The van der Waals surface area contributed by atoms with Crippen LogP contribution in [0, 0.1) is 5.41 Å². The Morgan fingerprint density at radius 3 is 2.52 bits per heavy atom. The second-order valence-corrected chi connectivity index (χ2v) is 9.45. The van der Waals surface area contributed by atoms with Gasteiger partial charge in [0.15, 0.2) is 0 Å². The summed E-state index contributed by atoms with van der Waals surface area (Å²) in [5, 5.41) is 22.6. The molecule has 1 unspecified atom stereocenters. The van der Waals surface area contributed by atoms with Gasteiger partial charge in [-0.3, -0.25) is 14.4 Å². The molecule has 1 saturated carbocycles. The van der Waals surface area contributed by atoms with Crippen molar-refractivity contribution < 1.29 is 23.6 Å². The van der Waals surface area contributed by atoms with Crippen LogP contribution in [0.3, 0.4) is 0 Å². The van der Waals surface area contributed by atoms with Gasteiger partial charge in [0.1, 0.15) is 29.2 Å². The fourth-order valence-corrected chi connectivity index (χ4v) is 4.61. The minimum absolute atomic E-state index is 0.0816. The van der Waals surface area contributed by atoms with Crippen LogP contribution in [0.4, 0.5) is 0 Å². The molecule has 9 heteroatoms. The van der Waals surface area contributed by atoms with Gasteiger partial charge in [-0.1, -0.05) is 6.42 Å². The number of amidine groups is 1. The van der Waals surface area contributed by atoms with Gasteiger partial charge in [-0.25, -0.2) is 0 Å². The minimum Gasteiger partial charge on any atom is -0.488 e. The van der Waals surface area contributed by atoms with Crippen molar-refractivity contribution in [1.29, 1.82) is 5.41 Å². The highest BCUT2D eigenvalue weighted by atomic mass is 32.2. The van der Waals surface area contributed by atoms with Crippen molar-refractivity contribution in [2.24, 2.45) is 0 Å². The molecule has 3 rings (SSSR count). The Balaban J connectivity index is 1.79. The number of aliphatic hydroxyl groups is 1. The highest BCUT2D eigenvalue weighted by Gasteiger charge is 2.25. The molecule has 0 saturated heterocycles. The molecule has 176 valence electrons. The lowest BCUT2D eigenvalue weighted by Gasteiger charge is -2.24. The van der Waals surface area contributed by atoms with E-state index in [0.717, 1.165) is 24.2 Å². The Morgan fingerprint density at radius 1 is 1.21 bits per heavy atom. The van der Waals surface area contributed by atoms with Gasteiger partial charge in [0, 0.05) is 28.8 Å². The number of hydrogen-bond acceptors (Lipinski definition) is 7. The molecule has 0 aliphatic heterocycles. The molecular formula is C24H29N3O5S. The van der Waals surface area contributed by atoms with Crippen LogP contribution in [-0.4, -0.2) is 46.1 Å². The highest BCUT2D eigenvalue weighted by molar-refractivity contribution is 7.85. The summed E-state index contributed by atoms with van der Waals surface area (Å²) in [6.07, 6.45) is 5.59. The third kappa shape index (κ3) is 6.90. The van der Waals surface area contributed by atoms with Crippen molar-refractivity contribution in [2.45, 2.75) is 42.4 Å². The number of nitrogens with one attached hydrogen (secondary N) is 3. The van der Waals surface area contributed by atoms with E-state index in [9.17, 15) is 14.1 Å². The maximum atomic E-state index is 12.6. The van der Waals surface area contributed by atoms with E-state index in [1.165, 1.54) is 18.3 Å². The maximum Gasteiger partial charge on any atom is 0.257 e.